The summed E-state index contributed by atoms with van der Waals surface area (Å²) >= 11 is 1.51. The number of imidazole rings is 1. The zero-order valence-electron chi connectivity index (χ0n) is 16.1. The Labute approximate surface area is 171 Å². The van der Waals surface area contributed by atoms with Gasteiger partial charge in [0.25, 0.3) is 5.91 Å². The highest BCUT2D eigenvalue weighted by molar-refractivity contribution is 7.11. The predicted octanol–water partition coefficient (Wildman–Crippen LogP) is 2.78. The lowest BCUT2D eigenvalue weighted by Crippen LogP contribution is -2.28. The average Bonchev–Trinajstić information content (AvgIpc) is 3.27. The third-order valence-corrected chi connectivity index (χ3v) is 4.89. The van der Waals surface area contributed by atoms with Gasteiger partial charge in [-0.3, -0.25) is 9.36 Å². The molecule has 2 aromatic heterocycles. The minimum atomic E-state index is -0.376. The standard InChI is InChI=1S/C19H22FN5O3S/c1-12-10-23-15(29-12)11-25-16(18(27)22-8-3-9-26)17(21-2)24-19(25)28-14-6-4-13(20)5-7-14/h4-7,10,21,26H,3,8-9,11H2,1-2H3,(H,22,27). The van der Waals surface area contributed by atoms with Crippen LogP contribution >= 0.6 is 11.3 Å². The van der Waals surface area contributed by atoms with Crippen molar-refractivity contribution in [3.05, 3.63) is 51.9 Å². The number of halogens is 1. The Balaban J connectivity index is 1.98. The summed E-state index contributed by atoms with van der Waals surface area (Å²) in [5, 5.41) is 15.4. The Morgan fingerprint density at radius 1 is 1.34 bits per heavy atom. The van der Waals surface area contributed by atoms with Crippen molar-refractivity contribution < 1.29 is 19.0 Å². The molecule has 0 fully saturated rings. The molecule has 0 unspecified atom stereocenters. The van der Waals surface area contributed by atoms with E-state index in [4.69, 9.17) is 9.84 Å². The number of aliphatic hydroxyl groups is 1. The van der Waals surface area contributed by atoms with Crippen LogP contribution in [0.4, 0.5) is 10.2 Å². The summed E-state index contributed by atoms with van der Waals surface area (Å²) < 4.78 is 20.7. The fraction of sp³-hybridized carbons (Fsp3) is 0.316. The van der Waals surface area contributed by atoms with Gasteiger partial charge in [-0.15, -0.1) is 11.3 Å². The van der Waals surface area contributed by atoms with Crippen molar-refractivity contribution in [3.63, 3.8) is 0 Å². The second-order valence-electron chi connectivity index (χ2n) is 6.18. The first kappa shape index (κ1) is 20.7. The van der Waals surface area contributed by atoms with Gasteiger partial charge in [-0.05, 0) is 37.6 Å². The van der Waals surface area contributed by atoms with Crippen LogP contribution in [0.1, 0.15) is 26.8 Å². The quantitative estimate of drug-likeness (QED) is 0.461. The molecule has 3 rings (SSSR count). The van der Waals surface area contributed by atoms with E-state index in [1.807, 2.05) is 6.92 Å². The Morgan fingerprint density at radius 3 is 2.72 bits per heavy atom. The molecule has 10 heteroatoms. The molecule has 0 saturated heterocycles. The van der Waals surface area contributed by atoms with Crippen LogP contribution in [0.3, 0.4) is 0 Å². The highest BCUT2D eigenvalue weighted by atomic mass is 32.1. The monoisotopic (exact) mass is 419 g/mol. The average molecular weight is 419 g/mol. The summed E-state index contributed by atoms with van der Waals surface area (Å²) in [5.74, 6) is 0.0103. The first-order valence-corrected chi connectivity index (χ1v) is 9.85. The molecule has 0 bridgehead atoms. The maximum atomic E-state index is 13.2. The van der Waals surface area contributed by atoms with Crippen LogP contribution in [0, 0.1) is 12.7 Å². The van der Waals surface area contributed by atoms with E-state index >= 15 is 0 Å². The number of hydrogen-bond donors (Lipinski definition) is 3. The first-order valence-electron chi connectivity index (χ1n) is 9.04. The van der Waals surface area contributed by atoms with Gasteiger partial charge in [0.2, 0.25) is 0 Å². The highest BCUT2D eigenvalue weighted by Gasteiger charge is 2.25. The Bertz CT molecular complexity index is 971. The highest BCUT2D eigenvalue weighted by Crippen LogP contribution is 2.29. The van der Waals surface area contributed by atoms with Gasteiger partial charge in [-0.25, -0.2) is 9.37 Å². The molecule has 1 aromatic carbocycles. The number of anilines is 1. The molecule has 2 heterocycles. The second kappa shape index (κ2) is 9.48. The largest absolute Gasteiger partial charge is 0.425 e. The van der Waals surface area contributed by atoms with Crippen LogP contribution in [-0.2, 0) is 6.54 Å². The van der Waals surface area contributed by atoms with Gasteiger partial charge in [0.1, 0.15) is 16.6 Å². The number of benzene rings is 1. The van der Waals surface area contributed by atoms with E-state index < -0.39 is 0 Å². The fourth-order valence-corrected chi connectivity index (χ4v) is 3.42. The van der Waals surface area contributed by atoms with Gasteiger partial charge in [-0.2, -0.15) is 4.98 Å². The van der Waals surface area contributed by atoms with Crippen LogP contribution in [0.2, 0.25) is 0 Å². The predicted molar refractivity (Wildman–Crippen MR) is 108 cm³/mol. The molecule has 3 aromatic rings. The lowest BCUT2D eigenvalue weighted by molar-refractivity contribution is 0.0942. The van der Waals surface area contributed by atoms with Gasteiger partial charge in [0.05, 0.1) is 6.54 Å². The fourth-order valence-electron chi connectivity index (χ4n) is 2.64. The van der Waals surface area contributed by atoms with Crippen molar-refractivity contribution in [2.75, 3.05) is 25.5 Å². The summed E-state index contributed by atoms with van der Waals surface area (Å²) in [7, 11) is 1.66. The summed E-state index contributed by atoms with van der Waals surface area (Å²) in [6.45, 7) is 2.54. The van der Waals surface area contributed by atoms with Gasteiger partial charge in [0, 0.05) is 31.3 Å². The zero-order valence-corrected chi connectivity index (χ0v) is 16.9. The van der Waals surface area contributed by atoms with E-state index in [0.29, 0.717) is 24.5 Å². The van der Waals surface area contributed by atoms with Crippen LogP contribution in [0.15, 0.2) is 30.5 Å². The smallest absolute Gasteiger partial charge is 0.304 e. The third-order valence-electron chi connectivity index (χ3n) is 3.99. The van der Waals surface area contributed by atoms with E-state index in [1.165, 1.54) is 35.6 Å². The molecule has 0 aliphatic rings. The number of carbonyl (C=O) groups is 1. The van der Waals surface area contributed by atoms with Crippen LogP contribution in [0.5, 0.6) is 11.8 Å². The number of aromatic nitrogens is 3. The number of thiazole rings is 1. The van der Waals surface area contributed by atoms with Crippen molar-refractivity contribution in [1.82, 2.24) is 19.9 Å². The van der Waals surface area contributed by atoms with Crippen molar-refractivity contribution >= 4 is 23.1 Å². The molecule has 29 heavy (non-hydrogen) atoms. The van der Waals surface area contributed by atoms with E-state index in [-0.39, 0.29) is 36.6 Å². The normalized spacial score (nSPS) is 10.8. The topological polar surface area (TPSA) is 101 Å². The number of amides is 1. The summed E-state index contributed by atoms with van der Waals surface area (Å²) in [5.41, 5.74) is 0.287. The minimum absolute atomic E-state index is 0.0181. The molecule has 1 amide bonds. The zero-order chi connectivity index (χ0) is 20.8. The van der Waals surface area contributed by atoms with Crippen LogP contribution in [0.25, 0.3) is 0 Å². The molecule has 0 spiro atoms. The minimum Gasteiger partial charge on any atom is -0.425 e. The van der Waals surface area contributed by atoms with Gasteiger partial charge < -0.3 is 20.5 Å². The number of aliphatic hydroxyl groups excluding tert-OH is 1. The number of aryl methyl sites for hydroxylation is 1. The van der Waals surface area contributed by atoms with Crippen molar-refractivity contribution in [1.29, 1.82) is 0 Å². The third kappa shape index (κ3) is 5.09. The number of nitrogens with zero attached hydrogens (tertiary/aromatic N) is 3. The van der Waals surface area contributed by atoms with Crippen LogP contribution < -0.4 is 15.4 Å². The van der Waals surface area contributed by atoms with Crippen molar-refractivity contribution in [2.45, 2.75) is 19.9 Å². The van der Waals surface area contributed by atoms with Gasteiger partial charge in [-0.1, -0.05) is 0 Å². The maximum absolute atomic E-state index is 13.2. The van der Waals surface area contributed by atoms with Crippen molar-refractivity contribution in [2.24, 2.45) is 0 Å². The SMILES string of the molecule is CNc1nc(Oc2ccc(F)cc2)n(Cc2ncc(C)s2)c1C(=O)NCCCO. The van der Waals surface area contributed by atoms with Crippen LogP contribution in [-0.4, -0.2) is 45.7 Å². The lowest BCUT2D eigenvalue weighted by atomic mass is 10.3. The molecule has 0 aliphatic carbocycles. The van der Waals surface area contributed by atoms with Gasteiger partial charge in [0.15, 0.2) is 11.5 Å². The van der Waals surface area contributed by atoms with Crippen molar-refractivity contribution in [3.8, 4) is 11.8 Å². The lowest BCUT2D eigenvalue weighted by Gasteiger charge is -2.11. The molecule has 0 aliphatic heterocycles. The molecule has 154 valence electrons. The number of nitrogens with one attached hydrogen (secondary N) is 2. The Kier molecular flexibility index (Phi) is 6.78. The molecule has 0 radical (unpaired) electrons. The Morgan fingerprint density at radius 2 is 2.10 bits per heavy atom. The summed E-state index contributed by atoms with van der Waals surface area (Å²) in [4.78, 5) is 22.6. The summed E-state index contributed by atoms with van der Waals surface area (Å²) in [6.07, 6.45) is 2.21. The Hall–Kier alpha value is -2.98. The molecule has 8 nitrogen and oxygen atoms in total. The molecule has 0 saturated carbocycles. The number of ether oxygens (including phenoxy) is 1. The first-order chi connectivity index (χ1) is 14.0. The molecular formula is C19H22FN5O3S. The second-order valence-corrected chi connectivity index (χ2v) is 7.50. The van der Waals surface area contributed by atoms with E-state index in [9.17, 15) is 9.18 Å². The molecule has 3 N–H and O–H groups in total. The molecular weight excluding hydrogens is 397 g/mol. The number of carbonyl (C=O) groups excluding carboxylic acids is 1. The van der Waals surface area contributed by atoms with E-state index in [0.717, 1.165) is 9.88 Å². The molecule has 0 atom stereocenters. The number of rotatable bonds is 9. The number of hydrogen-bond acceptors (Lipinski definition) is 7. The van der Waals surface area contributed by atoms with E-state index in [2.05, 4.69) is 20.6 Å². The van der Waals surface area contributed by atoms with Gasteiger partial charge >= 0.3 is 6.01 Å². The maximum Gasteiger partial charge on any atom is 0.304 e. The summed E-state index contributed by atoms with van der Waals surface area (Å²) in [6, 6.07) is 5.73. The van der Waals surface area contributed by atoms with E-state index in [1.54, 1.807) is 17.8 Å².